The predicted octanol–water partition coefficient (Wildman–Crippen LogP) is 3.04. The molecule has 1 heterocycles. The fourth-order valence-electron chi connectivity index (χ4n) is 2.75. The lowest BCUT2D eigenvalue weighted by molar-refractivity contribution is 0.415. The van der Waals surface area contributed by atoms with Crippen molar-refractivity contribution in [2.75, 3.05) is 25.1 Å². The predicted molar refractivity (Wildman–Crippen MR) is 80.8 cm³/mol. The van der Waals surface area contributed by atoms with Gasteiger partial charge in [-0.15, -0.1) is 0 Å². The van der Waals surface area contributed by atoms with Crippen molar-refractivity contribution < 1.29 is 4.74 Å². The van der Waals surface area contributed by atoms with E-state index in [1.807, 2.05) is 12.1 Å². The van der Waals surface area contributed by atoms with Gasteiger partial charge in [-0.3, -0.25) is 0 Å². The first kappa shape index (κ1) is 14.2. The summed E-state index contributed by atoms with van der Waals surface area (Å²) < 4.78 is 5.20. The second-order valence-electron chi connectivity index (χ2n) is 5.54. The molecule has 1 aliphatic rings. The Hall–Kier alpha value is -1.22. The summed E-state index contributed by atoms with van der Waals surface area (Å²) >= 11 is 0. The van der Waals surface area contributed by atoms with Gasteiger partial charge < -0.3 is 15.4 Å². The number of benzene rings is 1. The molecule has 1 aromatic carbocycles. The van der Waals surface area contributed by atoms with Crippen molar-refractivity contribution in [2.45, 2.75) is 38.6 Å². The van der Waals surface area contributed by atoms with Gasteiger partial charge in [-0.1, -0.05) is 6.92 Å². The maximum Gasteiger partial charge on any atom is 0.119 e. The molecule has 2 unspecified atom stereocenters. The third kappa shape index (κ3) is 3.87. The van der Waals surface area contributed by atoms with E-state index in [-0.39, 0.29) is 0 Å². The lowest BCUT2D eigenvalue weighted by Crippen LogP contribution is -2.22. The number of nitrogens with two attached hydrogens (primary N) is 1. The minimum absolute atomic E-state index is 0.384. The maximum atomic E-state index is 6.00. The van der Waals surface area contributed by atoms with Gasteiger partial charge in [0.1, 0.15) is 5.75 Å². The van der Waals surface area contributed by atoms with E-state index in [1.54, 1.807) is 7.11 Å². The molecule has 1 aromatic rings. The lowest BCUT2D eigenvalue weighted by atomic mass is 9.98. The summed E-state index contributed by atoms with van der Waals surface area (Å²) in [4.78, 5) is 2.47. The van der Waals surface area contributed by atoms with Crippen LogP contribution in [0.5, 0.6) is 5.75 Å². The highest BCUT2D eigenvalue weighted by molar-refractivity contribution is 5.49. The Morgan fingerprint density at radius 2 is 2.11 bits per heavy atom. The molecule has 0 aromatic heterocycles. The van der Waals surface area contributed by atoms with E-state index in [0.29, 0.717) is 6.04 Å². The van der Waals surface area contributed by atoms with Crippen LogP contribution in [0.2, 0.25) is 0 Å². The molecule has 1 saturated heterocycles. The molecule has 106 valence electrons. The zero-order valence-electron chi connectivity index (χ0n) is 12.1. The summed E-state index contributed by atoms with van der Waals surface area (Å²) in [5, 5.41) is 0. The van der Waals surface area contributed by atoms with Crippen molar-refractivity contribution in [1.82, 2.24) is 0 Å². The molecule has 19 heavy (non-hydrogen) atoms. The number of nitrogens with zero attached hydrogens (tertiary/aromatic N) is 1. The van der Waals surface area contributed by atoms with Gasteiger partial charge in [0.05, 0.1) is 7.11 Å². The first-order valence-electron chi connectivity index (χ1n) is 7.37. The molecule has 0 aliphatic carbocycles. The highest BCUT2D eigenvalue weighted by Gasteiger charge is 2.22. The first-order valence-corrected chi connectivity index (χ1v) is 7.37. The SMILES string of the molecule is CCC(N)CCC1CCN(c2ccc(OC)cc2)C1. The smallest absolute Gasteiger partial charge is 0.119 e. The molecule has 0 spiro atoms. The molecule has 0 saturated carbocycles. The van der Waals surface area contributed by atoms with Crippen molar-refractivity contribution in [3.05, 3.63) is 24.3 Å². The number of ether oxygens (including phenoxy) is 1. The minimum Gasteiger partial charge on any atom is -0.497 e. The molecule has 0 radical (unpaired) electrons. The standard InChI is InChI=1S/C16H26N2O/c1-3-14(17)5-4-13-10-11-18(12-13)15-6-8-16(19-2)9-7-15/h6-9,13-14H,3-5,10-12,17H2,1-2H3. The van der Waals surface area contributed by atoms with Gasteiger partial charge in [-0.05, 0) is 55.9 Å². The van der Waals surface area contributed by atoms with Crippen molar-refractivity contribution in [1.29, 1.82) is 0 Å². The third-order valence-electron chi connectivity index (χ3n) is 4.19. The van der Waals surface area contributed by atoms with Crippen molar-refractivity contribution in [2.24, 2.45) is 11.7 Å². The van der Waals surface area contributed by atoms with E-state index < -0.39 is 0 Å². The van der Waals surface area contributed by atoms with Gasteiger partial charge in [0.25, 0.3) is 0 Å². The van der Waals surface area contributed by atoms with Crippen LogP contribution in [-0.2, 0) is 0 Å². The Bertz CT molecular complexity index is 377. The van der Waals surface area contributed by atoms with Crippen LogP contribution in [0.4, 0.5) is 5.69 Å². The van der Waals surface area contributed by atoms with Gasteiger partial charge in [0.2, 0.25) is 0 Å². The summed E-state index contributed by atoms with van der Waals surface area (Å²) in [6.45, 7) is 4.50. The monoisotopic (exact) mass is 262 g/mol. The van der Waals surface area contributed by atoms with E-state index in [1.165, 1.54) is 31.6 Å². The molecule has 1 fully saturated rings. The van der Waals surface area contributed by atoms with Crippen LogP contribution in [0.15, 0.2) is 24.3 Å². The van der Waals surface area contributed by atoms with E-state index in [9.17, 15) is 0 Å². The molecular formula is C16H26N2O. The van der Waals surface area contributed by atoms with Crippen LogP contribution in [0, 0.1) is 5.92 Å². The Morgan fingerprint density at radius 3 is 2.74 bits per heavy atom. The summed E-state index contributed by atoms with van der Waals surface area (Å²) in [6.07, 6.45) is 4.82. The second-order valence-corrected chi connectivity index (χ2v) is 5.54. The fraction of sp³-hybridized carbons (Fsp3) is 0.625. The van der Waals surface area contributed by atoms with Gasteiger partial charge in [0, 0.05) is 24.8 Å². The van der Waals surface area contributed by atoms with Crippen LogP contribution in [0.25, 0.3) is 0 Å². The second kappa shape index (κ2) is 6.80. The van der Waals surface area contributed by atoms with E-state index in [0.717, 1.165) is 24.5 Å². The zero-order chi connectivity index (χ0) is 13.7. The molecule has 2 rings (SSSR count). The zero-order valence-corrected chi connectivity index (χ0v) is 12.1. The van der Waals surface area contributed by atoms with Gasteiger partial charge >= 0.3 is 0 Å². The Labute approximate surface area is 116 Å². The Balaban J connectivity index is 1.83. The van der Waals surface area contributed by atoms with Gasteiger partial charge in [0.15, 0.2) is 0 Å². The minimum atomic E-state index is 0.384. The van der Waals surface area contributed by atoms with E-state index in [2.05, 4.69) is 24.0 Å². The molecule has 0 bridgehead atoms. The van der Waals surface area contributed by atoms with E-state index in [4.69, 9.17) is 10.5 Å². The highest BCUT2D eigenvalue weighted by atomic mass is 16.5. The maximum absolute atomic E-state index is 6.00. The normalized spacial score (nSPS) is 20.6. The number of hydrogen-bond acceptors (Lipinski definition) is 3. The Kier molecular flexibility index (Phi) is 5.08. The molecule has 0 amide bonds. The van der Waals surface area contributed by atoms with Crippen LogP contribution in [0.1, 0.15) is 32.6 Å². The average Bonchev–Trinajstić information content (AvgIpc) is 2.93. The molecule has 3 heteroatoms. The first-order chi connectivity index (χ1) is 9.22. The summed E-state index contributed by atoms with van der Waals surface area (Å²) in [5.74, 6) is 1.73. The fourth-order valence-corrected chi connectivity index (χ4v) is 2.75. The topological polar surface area (TPSA) is 38.5 Å². The average molecular weight is 262 g/mol. The van der Waals surface area contributed by atoms with Crippen molar-refractivity contribution in [3.8, 4) is 5.75 Å². The van der Waals surface area contributed by atoms with Crippen LogP contribution >= 0.6 is 0 Å². The Morgan fingerprint density at radius 1 is 1.37 bits per heavy atom. The van der Waals surface area contributed by atoms with Gasteiger partial charge in [-0.2, -0.15) is 0 Å². The van der Waals surface area contributed by atoms with Crippen molar-refractivity contribution in [3.63, 3.8) is 0 Å². The van der Waals surface area contributed by atoms with E-state index >= 15 is 0 Å². The molecule has 3 nitrogen and oxygen atoms in total. The number of anilines is 1. The molecule has 1 aliphatic heterocycles. The third-order valence-corrected chi connectivity index (χ3v) is 4.19. The number of hydrogen-bond donors (Lipinski definition) is 1. The van der Waals surface area contributed by atoms with Crippen LogP contribution in [-0.4, -0.2) is 26.2 Å². The van der Waals surface area contributed by atoms with Crippen LogP contribution in [0.3, 0.4) is 0 Å². The number of methoxy groups -OCH3 is 1. The molecule has 2 N–H and O–H groups in total. The number of rotatable bonds is 6. The molecule has 2 atom stereocenters. The van der Waals surface area contributed by atoms with Crippen molar-refractivity contribution >= 4 is 5.69 Å². The lowest BCUT2D eigenvalue weighted by Gasteiger charge is -2.19. The summed E-state index contributed by atoms with van der Waals surface area (Å²) in [7, 11) is 1.71. The quantitative estimate of drug-likeness (QED) is 0.856. The van der Waals surface area contributed by atoms with Gasteiger partial charge in [-0.25, -0.2) is 0 Å². The largest absolute Gasteiger partial charge is 0.497 e. The van der Waals surface area contributed by atoms with Crippen LogP contribution < -0.4 is 15.4 Å². The molecular weight excluding hydrogens is 236 g/mol. The summed E-state index contributed by atoms with van der Waals surface area (Å²) in [6, 6.07) is 8.76. The summed E-state index contributed by atoms with van der Waals surface area (Å²) in [5.41, 5.74) is 7.31. The highest BCUT2D eigenvalue weighted by Crippen LogP contribution is 2.28.